The number of methoxy groups -OCH3 is 1. The Hall–Kier alpha value is -1.89. The molecule has 1 aromatic heterocycles. The molecule has 1 aromatic rings. The number of hydrogen-bond donors (Lipinski definition) is 2. The Morgan fingerprint density at radius 3 is 2.71 bits per heavy atom. The molecule has 7 heteroatoms. The van der Waals surface area contributed by atoms with Crippen LogP contribution in [0.3, 0.4) is 0 Å². The molecule has 0 aliphatic heterocycles. The van der Waals surface area contributed by atoms with Gasteiger partial charge in [-0.15, -0.1) is 0 Å². The smallest absolute Gasteiger partial charge is 0.407 e. The molecule has 0 aliphatic rings. The van der Waals surface area contributed by atoms with Crippen LogP contribution in [0, 0.1) is 0 Å². The molecule has 0 bridgehead atoms. The zero-order valence-corrected chi connectivity index (χ0v) is 13.1. The van der Waals surface area contributed by atoms with Crippen molar-refractivity contribution < 1.29 is 14.3 Å². The Labute approximate surface area is 125 Å². The van der Waals surface area contributed by atoms with E-state index in [1.54, 1.807) is 7.11 Å². The molecule has 0 aromatic carbocycles. The van der Waals surface area contributed by atoms with E-state index in [0.717, 1.165) is 17.9 Å². The predicted octanol–water partition coefficient (Wildman–Crippen LogP) is 1.60. The third kappa shape index (κ3) is 8.09. The first kappa shape index (κ1) is 17.2. The summed E-state index contributed by atoms with van der Waals surface area (Å²) in [6.45, 7) is 7.11. The van der Waals surface area contributed by atoms with Crippen LogP contribution in [0.15, 0.2) is 12.4 Å². The van der Waals surface area contributed by atoms with Gasteiger partial charge in [0.25, 0.3) is 0 Å². The number of ether oxygens (including phenoxy) is 2. The number of rotatable bonds is 7. The van der Waals surface area contributed by atoms with Crippen molar-refractivity contribution in [3.05, 3.63) is 18.1 Å². The molecule has 0 fully saturated rings. The lowest BCUT2D eigenvalue weighted by Crippen LogP contribution is -2.35. The van der Waals surface area contributed by atoms with Gasteiger partial charge in [-0.05, 0) is 20.8 Å². The molecule has 2 N–H and O–H groups in total. The summed E-state index contributed by atoms with van der Waals surface area (Å²) in [6, 6.07) is 1.87. The van der Waals surface area contributed by atoms with Crippen LogP contribution in [0.1, 0.15) is 26.5 Å². The molecular formula is C14H24N4O3. The molecule has 0 aliphatic carbocycles. The molecule has 0 unspecified atom stereocenters. The van der Waals surface area contributed by atoms with Gasteiger partial charge in [-0.2, -0.15) is 0 Å². The highest BCUT2D eigenvalue weighted by Crippen LogP contribution is 2.06. The number of alkyl carbamates (subject to hydrolysis) is 1. The van der Waals surface area contributed by atoms with Crippen molar-refractivity contribution in [1.29, 1.82) is 0 Å². The normalized spacial score (nSPS) is 11.0. The van der Waals surface area contributed by atoms with E-state index in [1.807, 2.05) is 26.8 Å². The van der Waals surface area contributed by atoms with Gasteiger partial charge >= 0.3 is 6.09 Å². The number of nitrogens with zero attached hydrogens (tertiary/aromatic N) is 2. The van der Waals surface area contributed by atoms with Gasteiger partial charge < -0.3 is 20.1 Å². The van der Waals surface area contributed by atoms with Crippen molar-refractivity contribution in [2.45, 2.75) is 32.8 Å². The van der Waals surface area contributed by atoms with E-state index < -0.39 is 11.7 Å². The van der Waals surface area contributed by atoms with Gasteiger partial charge in [0.2, 0.25) is 0 Å². The SMILES string of the molecule is COCCc1cc(NCCNC(=O)OC(C)(C)C)ncn1. The fourth-order valence-electron chi connectivity index (χ4n) is 1.51. The molecule has 118 valence electrons. The first-order chi connectivity index (χ1) is 9.90. The van der Waals surface area contributed by atoms with Crippen LogP contribution in [0.25, 0.3) is 0 Å². The number of carbonyl (C=O) groups excluding carboxylic acids is 1. The minimum Gasteiger partial charge on any atom is -0.444 e. The Balaban J connectivity index is 2.28. The average Bonchev–Trinajstić information content (AvgIpc) is 2.40. The molecule has 0 saturated carbocycles. The standard InChI is InChI=1S/C14H24N4O3/c1-14(2,3)21-13(19)16-7-6-15-12-9-11(5-8-20-4)17-10-18-12/h9-10H,5-8H2,1-4H3,(H,16,19)(H,15,17,18). The van der Waals surface area contributed by atoms with E-state index in [-0.39, 0.29) is 0 Å². The van der Waals surface area contributed by atoms with E-state index in [2.05, 4.69) is 20.6 Å². The van der Waals surface area contributed by atoms with Crippen LogP contribution < -0.4 is 10.6 Å². The maximum absolute atomic E-state index is 11.4. The highest BCUT2D eigenvalue weighted by atomic mass is 16.6. The monoisotopic (exact) mass is 296 g/mol. The van der Waals surface area contributed by atoms with Crippen molar-refractivity contribution in [3.63, 3.8) is 0 Å². The van der Waals surface area contributed by atoms with Crippen LogP contribution in [0.2, 0.25) is 0 Å². The van der Waals surface area contributed by atoms with E-state index in [4.69, 9.17) is 9.47 Å². The zero-order chi connectivity index (χ0) is 15.7. The van der Waals surface area contributed by atoms with Crippen LogP contribution in [0.5, 0.6) is 0 Å². The van der Waals surface area contributed by atoms with Gasteiger partial charge in [0.1, 0.15) is 17.7 Å². The summed E-state index contributed by atoms with van der Waals surface area (Å²) in [5.74, 6) is 0.724. The summed E-state index contributed by atoms with van der Waals surface area (Å²) in [5.41, 5.74) is 0.426. The zero-order valence-electron chi connectivity index (χ0n) is 13.1. The third-order valence-corrected chi connectivity index (χ3v) is 2.39. The van der Waals surface area contributed by atoms with Gasteiger partial charge in [0, 0.05) is 38.4 Å². The maximum atomic E-state index is 11.4. The molecule has 0 saturated heterocycles. The van der Waals surface area contributed by atoms with E-state index in [9.17, 15) is 4.79 Å². The van der Waals surface area contributed by atoms with Crippen molar-refractivity contribution in [2.24, 2.45) is 0 Å². The number of anilines is 1. The molecule has 1 amide bonds. The molecule has 21 heavy (non-hydrogen) atoms. The quantitative estimate of drug-likeness (QED) is 0.743. The fourth-order valence-corrected chi connectivity index (χ4v) is 1.51. The second-order valence-electron chi connectivity index (χ2n) is 5.49. The van der Waals surface area contributed by atoms with Gasteiger partial charge in [-0.3, -0.25) is 0 Å². The number of hydrogen-bond acceptors (Lipinski definition) is 6. The summed E-state index contributed by atoms with van der Waals surface area (Å²) >= 11 is 0. The average molecular weight is 296 g/mol. The summed E-state index contributed by atoms with van der Waals surface area (Å²) in [6.07, 6.45) is 1.83. The fraction of sp³-hybridized carbons (Fsp3) is 0.643. The summed E-state index contributed by atoms with van der Waals surface area (Å²) in [4.78, 5) is 19.7. The van der Waals surface area contributed by atoms with Gasteiger partial charge in [-0.1, -0.05) is 0 Å². The summed E-state index contributed by atoms with van der Waals surface area (Å²) in [5, 5.41) is 5.79. The second kappa shape index (κ2) is 8.41. The molecule has 7 nitrogen and oxygen atoms in total. The van der Waals surface area contributed by atoms with Crippen LogP contribution in [-0.4, -0.2) is 48.5 Å². The lowest BCUT2D eigenvalue weighted by molar-refractivity contribution is 0.0530. The van der Waals surface area contributed by atoms with E-state index >= 15 is 0 Å². The number of aromatic nitrogens is 2. The Morgan fingerprint density at radius 1 is 1.29 bits per heavy atom. The van der Waals surface area contributed by atoms with Crippen LogP contribution in [-0.2, 0) is 15.9 Å². The number of carbonyl (C=O) groups is 1. The minimum atomic E-state index is -0.486. The Kier molecular flexibility index (Phi) is 6.87. The molecule has 1 heterocycles. The Morgan fingerprint density at radius 2 is 2.05 bits per heavy atom. The van der Waals surface area contributed by atoms with Crippen molar-refractivity contribution >= 4 is 11.9 Å². The van der Waals surface area contributed by atoms with Crippen molar-refractivity contribution in [1.82, 2.24) is 15.3 Å². The molecule has 0 spiro atoms. The third-order valence-electron chi connectivity index (χ3n) is 2.39. The molecular weight excluding hydrogens is 272 g/mol. The van der Waals surface area contributed by atoms with Gasteiger partial charge in [-0.25, -0.2) is 14.8 Å². The van der Waals surface area contributed by atoms with E-state index in [0.29, 0.717) is 19.7 Å². The lowest BCUT2D eigenvalue weighted by atomic mass is 10.2. The largest absolute Gasteiger partial charge is 0.444 e. The lowest BCUT2D eigenvalue weighted by Gasteiger charge is -2.19. The molecule has 1 rings (SSSR count). The first-order valence-corrected chi connectivity index (χ1v) is 6.91. The summed E-state index contributed by atoms with van der Waals surface area (Å²) in [7, 11) is 1.66. The summed E-state index contributed by atoms with van der Waals surface area (Å²) < 4.78 is 10.1. The Bertz CT molecular complexity index is 446. The highest BCUT2D eigenvalue weighted by molar-refractivity contribution is 5.67. The minimum absolute atomic E-state index is 0.423. The van der Waals surface area contributed by atoms with Crippen LogP contribution in [0.4, 0.5) is 10.6 Å². The molecule has 0 atom stereocenters. The number of nitrogens with one attached hydrogen (secondary N) is 2. The highest BCUT2D eigenvalue weighted by Gasteiger charge is 2.15. The first-order valence-electron chi connectivity index (χ1n) is 6.91. The topological polar surface area (TPSA) is 85.4 Å². The molecule has 0 radical (unpaired) electrons. The van der Waals surface area contributed by atoms with Crippen LogP contribution >= 0.6 is 0 Å². The van der Waals surface area contributed by atoms with E-state index in [1.165, 1.54) is 6.33 Å². The second-order valence-corrected chi connectivity index (χ2v) is 5.49. The predicted molar refractivity (Wildman–Crippen MR) is 80.3 cm³/mol. The maximum Gasteiger partial charge on any atom is 0.407 e. The van der Waals surface area contributed by atoms with Gasteiger partial charge in [0.05, 0.1) is 6.61 Å². The number of amides is 1. The van der Waals surface area contributed by atoms with Crippen molar-refractivity contribution in [2.75, 3.05) is 32.1 Å². The van der Waals surface area contributed by atoms with Crippen molar-refractivity contribution in [3.8, 4) is 0 Å². The van der Waals surface area contributed by atoms with Gasteiger partial charge in [0.15, 0.2) is 0 Å².